The normalized spacial score (nSPS) is 19.7. The molecular formula is C52H54N4O5. The minimum absolute atomic E-state index is 0.0110. The fraction of sp³-hybridized carbons (Fsp3) is 0.308. The molecule has 312 valence electrons. The number of carboxylic acid groups (broad SMARTS) is 1. The molecule has 6 aromatic rings. The van der Waals surface area contributed by atoms with Gasteiger partial charge in [-0.1, -0.05) is 121 Å². The van der Waals surface area contributed by atoms with E-state index in [4.69, 9.17) is 0 Å². The van der Waals surface area contributed by atoms with Gasteiger partial charge in [-0.05, 0) is 96.5 Å². The van der Waals surface area contributed by atoms with Crippen molar-refractivity contribution in [2.75, 3.05) is 39.3 Å². The summed E-state index contributed by atoms with van der Waals surface area (Å²) in [7, 11) is 0. The minimum Gasteiger partial charge on any atom is -0.481 e. The minimum atomic E-state index is -0.692. The van der Waals surface area contributed by atoms with Crippen LogP contribution in [0.1, 0.15) is 71.4 Å². The summed E-state index contributed by atoms with van der Waals surface area (Å²) in [5.74, 6) is -0.283. The van der Waals surface area contributed by atoms with Crippen molar-refractivity contribution < 1.29 is 24.3 Å². The Morgan fingerprint density at radius 3 is 1.46 bits per heavy atom. The summed E-state index contributed by atoms with van der Waals surface area (Å²) in [6.07, 6.45) is 3.33. The summed E-state index contributed by atoms with van der Waals surface area (Å²) >= 11 is 0. The third-order valence-corrected chi connectivity index (χ3v) is 12.8. The molecule has 3 amide bonds. The Balaban J connectivity index is 0.000000139. The fourth-order valence-corrected chi connectivity index (χ4v) is 8.84. The van der Waals surface area contributed by atoms with E-state index in [0.717, 1.165) is 72.8 Å². The molecule has 4 aliphatic rings. The van der Waals surface area contributed by atoms with Gasteiger partial charge in [-0.2, -0.15) is 0 Å². The molecule has 2 saturated heterocycles. The highest BCUT2D eigenvalue weighted by Gasteiger charge is 2.54. The van der Waals surface area contributed by atoms with Gasteiger partial charge in [0.1, 0.15) is 0 Å². The molecule has 0 aromatic heterocycles. The van der Waals surface area contributed by atoms with Gasteiger partial charge in [0.05, 0.1) is 10.8 Å². The molecule has 61 heavy (non-hydrogen) atoms. The van der Waals surface area contributed by atoms with Gasteiger partial charge in [0.25, 0.3) is 11.8 Å². The van der Waals surface area contributed by atoms with Gasteiger partial charge in [0, 0.05) is 62.5 Å². The summed E-state index contributed by atoms with van der Waals surface area (Å²) in [6.45, 7) is 8.40. The lowest BCUT2D eigenvalue weighted by molar-refractivity contribution is -0.140. The number of piperazine rings is 2. The van der Waals surface area contributed by atoms with Crippen molar-refractivity contribution >= 4 is 45.2 Å². The average molecular weight is 815 g/mol. The Kier molecular flexibility index (Phi) is 12.0. The predicted octanol–water partition coefficient (Wildman–Crippen LogP) is 8.32. The monoisotopic (exact) mass is 814 g/mol. The van der Waals surface area contributed by atoms with Crippen molar-refractivity contribution in [1.29, 1.82) is 0 Å². The molecule has 9 heteroatoms. The van der Waals surface area contributed by atoms with Crippen LogP contribution >= 0.6 is 0 Å². The van der Waals surface area contributed by atoms with E-state index in [2.05, 4.69) is 49.5 Å². The highest BCUT2D eigenvalue weighted by atomic mass is 16.4. The van der Waals surface area contributed by atoms with Crippen LogP contribution in [0.3, 0.4) is 0 Å². The Morgan fingerprint density at radius 2 is 1.00 bits per heavy atom. The summed E-state index contributed by atoms with van der Waals surface area (Å²) in [5.41, 5.74) is 2.58. The number of carboxylic acids is 1. The van der Waals surface area contributed by atoms with Crippen molar-refractivity contribution in [3.05, 3.63) is 168 Å². The highest BCUT2D eigenvalue weighted by Crippen LogP contribution is 2.51. The van der Waals surface area contributed by atoms with E-state index in [-0.39, 0.29) is 29.2 Å². The molecule has 10 rings (SSSR count). The maximum absolute atomic E-state index is 13.6. The van der Waals surface area contributed by atoms with Crippen molar-refractivity contribution in [3.63, 3.8) is 0 Å². The number of nitrogens with one attached hydrogen (secondary N) is 1. The largest absolute Gasteiger partial charge is 0.481 e. The number of aliphatic carboxylic acids is 1. The van der Waals surface area contributed by atoms with Crippen LogP contribution in [0.4, 0.5) is 0 Å². The number of fused-ring (bicyclic) bond motifs is 2. The van der Waals surface area contributed by atoms with E-state index in [0.29, 0.717) is 31.2 Å². The number of amides is 3. The number of nitrogens with zero attached hydrogens (tertiary/aromatic N) is 3. The Morgan fingerprint density at radius 1 is 0.541 bits per heavy atom. The lowest BCUT2D eigenvalue weighted by Gasteiger charge is -2.41. The summed E-state index contributed by atoms with van der Waals surface area (Å²) in [4.78, 5) is 55.4. The SMILES string of the molecule is C[C@@H]1CN(C(=O)c2ccccc2)CCN1.C[C@@H]1CN(C(=O)c2ccccc2)CCN1C(=O)C1(c2ccc3ccccc3c2)CC1.O=C(O)C1(c2ccc3ccccc3c2)CC1. The van der Waals surface area contributed by atoms with Crippen molar-refractivity contribution in [1.82, 2.24) is 20.0 Å². The number of hydrogen-bond acceptors (Lipinski definition) is 5. The van der Waals surface area contributed by atoms with E-state index in [1.807, 2.05) is 130 Å². The van der Waals surface area contributed by atoms with Gasteiger partial charge in [0.2, 0.25) is 5.91 Å². The number of rotatable bonds is 6. The van der Waals surface area contributed by atoms with Gasteiger partial charge >= 0.3 is 5.97 Å². The van der Waals surface area contributed by atoms with Crippen molar-refractivity contribution in [2.24, 2.45) is 0 Å². The van der Waals surface area contributed by atoms with E-state index >= 15 is 0 Å². The third kappa shape index (κ3) is 8.93. The number of benzene rings is 6. The molecular weight excluding hydrogens is 761 g/mol. The number of carbonyl (C=O) groups excluding carboxylic acids is 3. The van der Waals surface area contributed by atoms with Crippen LogP contribution in [0.2, 0.25) is 0 Å². The Labute approximate surface area is 358 Å². The molecule has 2 aliphatic heterocycles. The maximum atomic E-state index is 13.6. The first-order valence-electron chi connectivity index (χ1n) is 21.5. The summed E-state index contributed by atoms with van der Waals surface area (Å²) < 4.78 is 0. The Hall–Kier alpha value is -6.32. The lowest BCUT2D eigenvalue weighted by atomic mass is 9.91. The first-order chi connectivity index (χ1) is 29.6. The molecule has 0 unspecified atom stereocenters. The van der Waals surface area contributed by atoms with Gasteiger partial charge in [-0.25, -0.2) is 0 Å². The van der Waals surface area contributed by atoms with Gasteiger partial charge in [-0.3, -0.25) is 19.2 Å². The molecule has 2 N–H and O–H groups in total. The number of carbonyl (C=O) groups is 4. The van der Waals surface area contributed by atoms with E-state index in [1.54, 1.807) is 0 Å². The molecule has 4 fully saturated rings. The molecule has 2 atom stereocenters. The predicted molar refractivity (Wildman–Crippen MR) is 241 cm³/mol. The van der Waals surface area contributed by atoms with Crippen LogP contribution in [0, 0.1) is 0 Å². The quantitative estimate of drug-likeness (QED) is 0.175. The van der Waals surface area contributed by atoms with Crippen LogP contribution in [-0.4, -0.2) is 94.8 Å². The summed E-state index contributed by atoms with van der Waals surface area (Å²) in [6, 6.07) is 48.0. The second-order valence-corrected chi connectivity index (χ2v) is 17.0. The zero-order chi connectivity index (χ0) is 42.6. The highest BCUT2D eigenvalue weighted by molar-refractivity contribution is 5.96. The standard InChI is InChI=1S/C26H26N2O2.C14H12O2.C12H16N2O/c1-19-18-27(24(29)21-8-3-2-4-9-21)15-16-28(19)25(30)26(13-14-26)23-12-11-20-7-5-6-10-22(20)17-23;15-13(16)14(7-8-14)12-6-5-10-3-1-2-4-11(10)9-12;1-10-9-14(8-7-13-10)12(15)11-5-3-2-4-6-11/h2-12,17,19H,13-16,18H2,1H3;1-6,9H,7-8H2,(H,15,16);2-6,10,13H,7-9H2,1H3/t19-;;10-/m1.1/s1. The summed E-state index contributed by atoms with van der Waals surface area (Å²) in [5, 5.41) is 17.2. The molecule has 0 spiro atoms. The van der Waals surface area contributed by atoms with E-state index in [9.17, 15) is 24.3 Å². The van der Waals surface area contributed by atoms with Crippen molar-refractivity contribution in [3.8, 4) is 0 Å². The third-order valence-electron chi connectivity index (χ3n) is 12.8. The molecule has 9 nitrogen and oxygen atoms in total. The molecule has 0 radical (unpaired) electrons. The molecule has 2 saturated carbocycles. The second-order valence-electron chi connectivity index (χ2n) is 17.0. The topological polar surface area (TPSA) is 110 Å². The molecule has 2 aliphatic carbocycles. The maximum Gasteiger partial charge on any atom is 0.314 e. The zero-order valence-corrected chi connectivity index (χ0v) is 35.0. The van der Waals surface area contributed by atoms with E-state index < -0.39 is 11.4 Å². The lowest BCUT2D eigenvalue weighted by Crippen LogP contribution is -2.57. The number of hydrogen-bond donors (Lipinski definition) is 2. The van der Waals surface area contributed by atoms with Gasteiger partial charge in [-0.15, -0.1) is 0 Å². The van der Waals surface area contributed by atoms with Crippen LogP contribution < -0.4 is 5.32 Å². The van der Waals surface area contributed by atoms with Crippen molar-refractivity contribution in [2.45, 2.75) is 62.4 Å². The second kappa shape index (κ2) is 17.7. The van der Waals surface area contributed by atoms with Gasteiger partial charge in [0.15, 0.2) is 0 Å². The van der Waals surface area contributed by atoms with E-state index in [1.165, 1.54) is 10.8 Å². The van der Waals surface area contributed by atoms with Crippen LogP contribution in [0.25, 0.3) is 21.5 Å². The van der Waals surface area contributed by atoms with Crippen LogP contribution in [0.5, 0.6) is 0 Å². The average Bonchev–Trinajstić information content (AvgIpc) is 4.25. The zero-order valence-electron chi connectivity index (χ0n) is 35.0. The fourth-order valence-electron chi connectivity index (χ4n) is 8.84. The molecule has 2 heterocycles. The van der Waals surface area contributed by atoms with Crippen LogP contribution in [-0.2, 0) is 20.4 Å². The molecule has 6 aromatic carbocycles. The smallest absolute Gasteiger partial charge is 0.314 e. The molecule has 0 bridgehead atoms. The first-order valence-corrected chi connectivity index (χ1v) is 21.5. The van der Waals surface area contributed by atoms with Crippen LogP contribution in [0.15, 0.2) is 146 Å². The van der Waals surface area contributed by atoms with Gasteiger partial charge < -0.3 is 25.1 Å². The Bertz CT molecular complexity index is 2530. The first kappa shape index (κ1) is 41.4.